The molecule has 0 saturated carbocycles. The van der Waals surface area contributed by atoms with Gasteiger partial charge in [-0.2, -0.15) is 0 Å². The van der Waals surface area contributed by atoms with Gasteiger partial charge in [-0.1, -0.05) is 36.7 Å². The number of esters is 1. The van der Waals surface area contributed by atoms with Crippen molar-refractivity contribution < 1.29 is 24.0 Å². The molecule has 0 aliphatic carbocycles. The molecule has 0 atom stereocenters. The number of nitrogens with one attached hydrogen (secondary N) is 1. The third kappa shape index (κ3) is 6.78. The molecule has 2 aromatic rings. The van der Waals surface area contributed by atoms with Gasteiger partial charge in [-0.3, -0.25) is 19.7 Å². The Balaban J connectivity index is 2.00. The first-order chi connectivity index (χ1) is 14.7. The standard InChI is InChI=1S/C21H22ClN3O6/c1-3-10-24(12-19(26)23-18-7-5-4-6-14(18)2)20(27)13-31-21(28)16-11-15(25(29)30)8-9-17(16)22/h4-9,11H,3,10,12-13H2,1-2H3,(H,23,26). The Kier molecular flexibility index (Phi) is 8.51. The minimum Gasteiger partial charge on any atom is -0.452 e. The largest absolute Gasteiger partial charge is 0.452 e. The van der Waals surface area contributed by atoms with Gasteiger partial charge < -0.3 is 15.0 Å². The van der Waals surface area contributed by atoms with Crippen LogP contribution in [0.4, 0.5) is 11.4 Å². The lowest BCUT2D eigenvalue weighted by Crippen LogP contribution is -2.40. The Labute approximate surface area is 184 Å². The monoisotopic (exact) mass is 447 g/mol. The van der Waals surface area contributed by atoms with Crippen molar-refractivity contribution in [1.29, 1.82) is 0 Å². The molecule has 0 aliphatic rings. The van der Waals surface area contributed by atoms with Crippen molar-refractivity contribution >= 4 is 40.8 Å². The number of carbonyl (C=O) groups excluding carboxylic acids is 3. The summed E-state index contributed by atoms with van der Waals surface area (Å²) in [5, 5.41) is 13.6. The Morgan fingerprint density at radius 3 is 2.55 bits per heavy atom. The second-order valence-electron chi connectivity index (χ2n) is 6.68. The zero-order chi connectivity index (χ0) is 23.0. The number of para-hydroxylation sites is 1. The molecule has 0 unspecified atom stereocenters. The highest BCUT2D eigenvalue weighted by atomic mass is 35.5. The summed E-state index contributed by atoms with van der Waals surface area (Å²) < 4.78 is 4.98. The Hall–Kier alpha value is -3.46. The van der Waals surface area contributed by atoms with E-state index in [1.807, 2.05) is 26.0 Å². The molecule has 0 spiro atoms. The third-order valence-electron chi connectivity index (χ3n) is 4.31. The van der Waals surface area contributed by atoms with E-state index in [0.29, 0.717) is 12.1 Å². The quantitative estimate of drug-likeness (QED) is 0.356. The van der Waals surface area contributed by atoms with E-state index >= 15 is 0 Å². The Morgan fingerprint density at radius 1 is 1.19 bits per heavy atom. The topological polar surface area (TPSA) is 119 Å². The van der Waals surface area contributed by atoms with E-state index in [-0.39, 0.29) is 35.3 Å². The number of aryl methyl sites for hydroxylation is 1. The number of carbonyl (C=O) groups is 3. The minimum atomic E-state index is -0.970. The van der Waals surface area contributed by atoms with E-state index in [2.05, 4.69) is 5.32 Å². The maximum absolute atomic E-state index is 12.5. The van der Waals surface area contributed by atoms with E-state index in [9.17, 15) is 24.5 Å². The van der Waals surface area contributed by atoms with Crippen molar-refractivity contribution in [2.75, 3.05) is 25.0 Å². The van der Waals surface area contributed by atoms with Crippen molar-refractivity contribution in [3.05, 3.63) is 68.7 Å². The molecule has 0 radical (unpaired) electrons. The van der Waals surface area contributed by atoms with Gasteiger partial charge in [0.25, 0.3) is 11.6 Å². The molecule has 2 amide bonds. The summed E-state index contributed by atoms with van der Waals surface area (Å²) >= 11 is 5.91. The number of rotatable bonds is 9. The number of anilines is 1. The van der Waals surface area contributed by atoms with Crippen LogP contribution in [0.15, 0.2) is 42.5 Å². The minimum absolute atomic E-state index is 0.0360. The predicted molar refractivity (Wildman–Crippen MR) is 115 cm³/mol. The van der Waals surface area contributed by atoms with Crippen molar-refractivity contribution in [3.8, 4) is 0 Å². The van der Waals surface area contributed by atoms with Crippen molar-refractivity contribution in [2.45, 2.75) is 20.3 Å². The van der Waals surface area contributed by atoms with Gasteiger partial charge in [-0.15, -0.1) is 0 Å². The number of benzene rings is 2. The molecule has 2 rings (SSSR count). The highest BCUT2D eigenvalue weighted by molar-refractivity contribution is 6.33. The van der Waals surface area contributed by atoms with Crippen LogP contribution in [0.25, 0.3) is 0 Å². The van der Waals surface area contributed by atoms with E-state index in [4.69, 9.17) is 16.3 Å². The summed E-state index contributed by atoms with van der Waals surface area (Å²) in [4.78, 5) is 48.6. The van der Waals surface area contributed by atoms with Gasteiger partial charge in [0.2, 0.25) is 5.91 Å². The lowest BCUT2D eigenvalue weighted by Gasteiger charge is -2.21. The number of nitro benzene ring substituents is 1. The number of hydrogen-bond donors (Lipinski definition) is 1. The predicted octanol–water partition coefficient (Wildman–Crippen LogP) is 3.59. The van der Waals surface area contributed by atoms with Crippen molar-refractivity contribution in [2.24, 2.45) is 0 Å². The maximum atomic E-state index is 12.5. The maximum Gasteiger partial charge on any atom is 0.340 e. The number of ether oxygens (including phenoxy) is 1. The van der Waals surface area contributed by atoms with E-state index in [0.717, 1.165) is 17.7 Å². The van der Waals surface area contributed by atoms with Gasteiger partial charge in [-0.05, 0) is 31.0 Å². The molecule has 2 aromatic carbocycles. The fourth-order valence-corrected chi connectivity index (χ4v) is 2.91. The highest BCUT2D eigenvalue weighted by Gasteiger charge is 2.21. The van der Waals surface area contributed by atoms with Gasteiger partial charge in [0.05, 0.1) is 22.1 Å². The van der Waals surface area contributed by atoms with Crippen LogP contribution in [-0.4, -0.2) is 47.3 Å². The van der Waals surface area contributed by atoms with Crippen LogP contribution in [0.3, 0.4) is 0 Å². The lowest BCUT2D eigenvalue weighted by molar-refractivity contribution is -0.384. The second-order valence-corrected chi connectivity index (χ2v) is 7.08. The first-order valence-corrected chi connectivity index (χ1v) is 9.85. The number of halogens is 1. The van der Waals surface area contributed by atoms with Crippen molar-refractivity contribution in [3.63, 3.8) is 0 Å². The molecular formula is C21H22ClN3O6. The first kappa shape index (κ1) is 23.8. The molecule has 31 heavy (non-hydrogen) atoms. The van der Waals surface area contributed by atoms with Gasteiger partial charge >= 0.3 is 5.97 Å². The molecule has 0 fully saturated rings. The van der Waals surface area contributed by atoms with Crippen LogP contribution < -0.4 is 5.32 Å². The molecule has 9 nitrogen and oxygen atoms in total. The summed E-state index contributed by atoms with van der Waals surface area (Å²) in [6.07, 6.45) is 0.591. The molecule has 0 saturated heterocycles. The lowest BCUT2D eigenvalue weighted by atomic mass is 10.2. The van der Waals surface area contributed by atoms with E-state index in [1.165, 1.54) is 11.0 Å². The van der Waals surface area contributed by atoms with E-state index < -0.39 is 23.4 Å². The van der Waals surface area contributed by atoms with Crippen LogP contribution in [0, 0.1) is 17.0 Å². The zero-order valence-electron chi connectivity index (χ0n) is 17.1. The smallest absolute Gasteiger partial charge is 0.340 e. The average molecular weight is 448 g/mol. The third-order valence-corrected chi connectivity index (χ3v) is 4.64. The number of nitro groups is 1. The number of nitrogens with zero attached hydrogens (tertiary/aromatic N) is 2. The fourth-order valence-electron chi connectivity index (χ4n) is 2.72. The number of amides is 2. The summed E-state index contributed by atoms with van der Waals surface area (Å²) in [6.45, 7) is 3.14. The van der Waals surface area contributed by atoms with Crippen LogP contribution in [0.1, 0.15) is 29.3 Å². The fraction of sp³-hybridized carbons (Fsp3) is 0.286. The van der Waals surface area contributed by atoms with Gasteiger partial charge in [0.15, 0.2) is 6.61 Å². The molecule has 0 aliphatic heterocycles. The SMILES string of the molecule is CCCN(CC(=O)Nc1ccccc1C)C(=O)COC(=O)c1cc([N+](=O)[O-])ccc1Cl. The van der Waals surface area contributed by atoms with Crippen LogP contribution in [0.2, 0.25) is 5.02 Å². The van der Waals surface area contributed by atoms with Crippen LogP contribution >= 0.6 is 11.6 Å². The number of hydrogen-bond acceptors (Lipinski definition) is 6. The van der Waals surface area contributed by atoms with Crippen LogP contribution in [-0.2, 0) is 14.3 Å². The normalized spacial score (nSPS) is 10.3. The summed E-state index contributed by atoms with van der Waals surface area (Å²) in [7, 11) is 0. The summed E-state index contributed by atoms with van der Waals surface area (Å²) in [5.74, 6) is -1.93. The molecule has 0 aromatic heterocycles. The molecule has 1 N–H and O–H groups in total. The highest BCUT2D eigenvalue weighted by Crippen LogP contribution is 2.22. The Morgan fingerprint density at radius 2 is 1.90 bits per heavy atom. The molecule has 10 heteroatoms. The molecule has 164 valence electrons. The van der Waals surface area contributed by atoms with Gasteiger partial charge in [0, 0.05) is 24.4 Å². The van der Waals surface area contributed by atoms with E-state index in [1.54, 1.807) is 12.1 Å². The summed E-state index contributed by atoms with van der Waals surface area (Å²) in [6, 6.07) is 10.6. The van der Waals surface area contributed by atoms with Crippen molar-refractivity contribution in [1.82, 2.24) is 4.90 Å². The van der Waals surface area contributed by atoms with Gasteiger partial charge in [-0.25, -0.2) is 4.79 Å². The summed E-state index contributed by atoms with van der Waals surface area (Å²) in [5.41, 5.74) is 0.973. The average Bonchev–Trinajstić information content (AvgIpc) is 2.73. The second kappa shape index (κ2) is 11.1. The Bertz CT molecular complexity index is 995. The molecular weight excluding hydrogens is 426 g/mol. The van der Waals surface area contributed by atoms with Crippen LogP contribution in [0.5, 0.6) is 0 Å². The van der Waals surface area contributed by atoms with Gasteiger partial charge in [0.1, 0.15) is 0 Å². The zero-order valence-corrected chi connectivity index (χ0v) is 17.8. The molecule has 0 heterocycles. The first-order valence-electron chi connectivity index (χ1n) is 9.47. The number of non-ortho nitro benzene ring substituents is 1. The molecule has 0 bridgehead atoms.